The van der Waals surface area contributed by atoms with Crippen LogP contribution in [0.4, 0.5) is 21.0 Å². The van der Waals surface area contributed by atoms with Crippen LogP contribution >= 0.6 is 23.5 Å². The summed E-state index contributed by atoms with van der Waals surface area (Å²) in [5, 5.41) is 2.50. The standard InChI is InChI=1S/C60H63N5O9S2/c1-11-14-53-61-54-37(2)31-41(32-51(54)64(53)35-40-17-21-42(22-18-40)47-15-12-13-16-48(47)56(68)72-59(4,5)6)36-75-46-28-25-43(26-29-46)71-45-27-30-49(50(34-45)63(10)58(70)73-60(7,8)9)65(38(3)66)74-44-23-19-39(20-24-44)33-52-55(67)62-57(69)76-52/h12-13,15-32,34,52H,11,14,33,35-36H2,1-10H3,(H,62,67,69). The predicted molar refractivity (Wildman–Crippen MR) is 301 cm³/mol. The van der Waals surface area contributed by atoms with Gasteiger partial charge in [-0.25, -0.2) is 14.6 Å². The maximum atomic E-state index is 13.5. The summed E-state index contributed by atoms with van der Waals surface area (Å²) in [5.74, 6) is 1.91. The number of benzene rings is 6. The second-order valence-electron chi connectivity index (χ2n) is 20.6. The van der Waals surface area contributed by atoms with Crippen LogP contribution in [0.1, 0.15) is 100 Å². The van der Waals surface area contributed by atoms with Crippen molar-refractivity contribution in [2.75, 3.05) is 17.0 Å². The van der Waals surface area contributed by atoms with Crippen molar-refractivity contribution in [2.45, 2.75) is 115 Å². The zero-order chi connectivity index (χ0) is 54.5. The summed E-state index contributed by atoms with van der Waals surface area (Å²) in [4.78, 5) is 77.3. The quantitative estimate of drug-likeness (QED) is 0.0523. The molecule has 0 radical (unpaired) electrons. The van der Waals surface area contributed by atoms with E-state index in [0.717, 1.165) is 85.0 Å². The number of fused-ring (bicyclic) bond motifs is 1. The molecule has 394 valence electrons. The first-order chi connectivity index (χ1) is 36.1. The fourth-order valence-corrected chi connectivity index (χ4v) is 10.3. The molecular weight excluding hydrogens is 999 g/mol. The number of aryl methyl sites for hydroxylation is 2. The molecule has 1 saturated heterocycles. The van der Waals surface area contributed by atoms with Crippen LogP contribution in [0.25, 0.3) is 22.2 Å². The number of hydrogen-bond acceptors (Lipinski definition) is 12. The SMILES string of the molecule is CCCc1nc2c(C)cc(CSc3ccc(Oc4ccc(N(Oc5ccc(CC6SC(=O)NC6=O)cc5)C(C)=O)c(N(C)C(=O)OC(C)(C)C)c4)cc3)cc2n1Cc1ccc(-c2ccccc2C(=O)OC(C)(C)C)cc1. The van der Waals surface area contributed by atoms with Crippen LogP contribution in [-0.4, -0.2) is 62.2 Å². The minimum atomic E-state index is -0.800. The zero-order valence-electron chi connectivity index (χ0n) is 44.5. The highest BCUT2D eigenvalue weighted by molar-refractivity contribution is 8.15. The zero-order valence-corrected chi connectivity index (χ0v) is 46.1. The van der Waals surface area contributed by atoms with Gasteiger partial charge in [0.15, 0.2) is 5.75 Å². The van der Waals surface area contributed by atoms with E-state index in [1.807, 2.05) is 69.3 Å². The molecule has 4 amide bonds. The number of hydrogen-bond donors (Lipinski definition) is 1. The molecular formula is C60H63N5O9S2. The number of hydroxylamine groups is 1. The van der Waals surface area contributed by atoms with Gasteiger partial charge in [-0.3, -0.25) is 24.6 Å². The van der Waals surface area contributed by atoms with Crippen LogP contribution in [-0.2, 0) is 44.2 Å². The van der Waals surface area contributed by atoms with E-state index in [9.17, 15) is 24.0 Å². The first-order valence-corrected chi connectivity index (χ1v) is 27.0. The van der Waals surface area contributed by atoms with Crippen molar-refractivity contribution in [3.63, 3.8) is 0 Å². The number of carbonyl (C=O) groups excluding carboxylic acids is 5. The Kier molecular flexibility index (Phi) is 16.6. The van der Waals surface area contributed by atoms with Crippen LogP contribution in [0.3, 0.4) is 0 Å². The number of imide groups is 1. The first kappa shape index (κ1) is 54.7. The molecule has 1 aliphatic rings. The predicted octanol–water partition coefficient (Wildman–Crippen LogP) is 13.7. The van der Waals surface area contributed by atoms with Crippen molar-refractivity contribution < 1.29 is 43.0 Å². The maximum absolute atomic E-state index is 13.5. The lowest BCUT2D eigenvalue weighted by atomic mass is 9.98. The number of anilines is 2. The van der Waals surface area contributed by atoms with Crippen LogP contribution in [0.5, 0.6) is 17.2 Å². The van der Waals surface area contributed by atoms with Gasteiger partial charge in [0.1, 0.15) is 34.2 Å². The summed E-state index contributed by atoms with van der Waals surface area (Å²) in [6, 6.07) is 40.0. The van der Waals surface area contributed by atoms with Crippen LogP contribution < -0.4 is 24.9 Å². The first-order valence-electron chi connectivity index (χ1n) is 25.1. The molecule has 0 bridgehead atoms. The summed E-state index contributed by atoms with van der Waals surface area (Å²) in [5.41, 5.74) is 7.74. The Bertz CT molecular complexity index is 3290. The number of thioether (sulfide) groups is 2. The van der Waals surface area contributed by atoms with E-state index in [2.05, 4.69) is 60.1 Å². The molecule has 1 aromatic heterocycles. The average molecular weight is 1060 g/mol. The van der Waals surface area contributed by atoms with Gasteiger partial charge < -0.3 is 23.6 Å². The number of esters is 1. The number of ether oxygens (including phenoxy) is 3. The van der Waals surface area contributed by atoms with E-state index in [1.54, 1.807) is 82.0 Å². The van der Waals surface area contributed by atoms with Crippen molar-refractivity contribution in [2.24, 2.45) is 0 Å². The number of nitrogens with one attached hydrogen (secondary N) is 1. The Labute approximate surface area is 452 Å². The van der Waals surface area contributed by atoms with Crippen LogP contribution in [0.15, 0.2) is 132 Å². The van der Waals surface area contributed by atoms with Gasteiger partial charge in [-0.2, -0.15) is 0 Å². The summed E-state index contributed by atoms with van der Waals surface area (Å²) >= 11 is 2.67. The maximum Gasteiger partial charge on any atom is 0.414 e. The van der Waals surface area contributed by atoms with Gasteiger partial charge in [0.2, 0.25) is 5.91 Å². The number of carbonyl (C=O) groups is 5. The lowest BCUT2D eigenvalue weighted by Gasteiger charge is -2.29. The molecule has 7 aromatic rings. The highest BCUT2D eigenvalue weighted by Gasteiger charge is 2.32. The molecule has 1 aliphatic heterocycles. The molecule has 1 N–H and O–H groups in total. The molecule has 6 aromatic carbocycles. The number of amides is 4. The molecule has 14 nitrogen and oxygen atoms in total. The third-order valence-electron chi connectivity index (χ3n) is 12.1. The second kappa shape index (κ2) is 23.1. The van der Waals surface area contributed by atoms with Crippen molar-refractivity contribution in [3.05, 3.63) is 161 Å². The number of aromatic nitrogens is 2. The van der Waals surface area contributed by atoms with Gasteiger partial charge in [-0.1, -0.05) is 79.3 Å². The van der Waals surface area contributed by atoms with Crippen LogP contribution in [0, 0.1) is 6.92 Å². The molecule has 1 fully saturated rings. The molecule has 0 aliphatic carbocycles. The number of rotatable bonds is 17. The van der Waals surface area contributed by atoms with Crippen LogP contribution in [0.2, 0.25) is 0 Å². The third-order valence-corrected chi connectivity index (χ3v) is 14.1. The van der Waals surface area contributed by atoms with Gasteiger partial charge in [0, 0.05) is 43.7 Å². The molecule has 16 heteroatoms. The molecule has 1 unspecified atom stereocenters. The summed E-state index contributed by atoms with van der Waals surface area (Å²) in [6.07, 6.45) is 1.49. The average Bonchev–Trinajstić information content (AvgIpc) is 3.90. The van der Waals surface area contributed by atoms with E-state index >= 15 is 0 Å². The topological polar surface area (TPSA) is 159 Å². The van der Waals surface area contributed by atoms with Gasteiger partial charge in [-0.05, 0) is 155 Å². The fourth-order valence-electron chi connectivity index (χ4n) is 8.57. The Hall–Kier alpha value is -7.56. The molecule has 0 saturated carbocycles. The van der Waals surface area contributed by atoms with Gasteiger partial charge in [-0.15, -0.1) is 16.8 Å². The van der Waals surface area contributed by atoms with Crippen molar-refractivity contribution >= 4 is 75.0 Å². The lowest BCUT2D eigenvalue weighted by molar-refractivity contribution is -0.120. The smallest absolute Gasteiger partial charge is 0.414 e. The second-order valence-corrected chi connectivity index (χ2v) is 22.8. The van der Waals surface area contributed by atoms with E-state index < -0.39 is 28.5 Å². The van der Waals surface area contributed by atoms with Gasteiger partial charge >= 0.3 is 12.1 Å². The Morgan fingerprint density at radius 3 is 2.07 bits per heavy atom. The monoisotopic (exact) mass is 1060 g/mol. The molecule has 8 rings (SSSR count). The van der Waals surface area contributed by atoms with E-state index in [-0.39, 0.29) is 28.5 Å². The molecule has 1 atom stereocenters. The Morgan fingerprint density at radius 2 is 1.42 bits per heavy atom. The highest BCUT2D eigenvalue weighted by Crippen LogP contribution is 2.38. The molecule has 76 heavy (non-hydrogen) atoms. The van der Waals surface area contributed by atoms with Gasteiger partial charge in [0.25, 0.3) is 11.1 Å². The summed E-state index contributed by atoms with van der Waals surface area (Å²) < 4.78 is 20.1. The minimum absolute atomic E-state index is 0.258. The molecule has 0 spiro atoms. The largest absolute Gasteiger partial charge is 0.457 e. The third kappa shape index (κ3) is 13.6. The fraction of sp³-hybridized carbons (Fsp3) is 0.300. The van der Waals surface area contributed by atoms with Gasteiger partial charge in [0.05, 0.1) is 27.5 Å². The summed E-state index contributed by atoms with van der Waals surface area (Å²) in [6.45, 7) is 17.2. The normalized spacial score (nSPS) is 13.6. The Morgan fingerprint density at radius 1 is 0.763 bits per heavy atom. The highest BCUT2D eigenvalue weighted by atomic mass is 32.2. The Balaban J connectivity index is 0.970. The number of nitrogens with zero attached hydrogens (tertiary/aromatic N) is 4. The van der Waals surface area contributed by atoms with Crippen molar-refractivity contribution in [1.82, 2.24) is 14.9 Å². The van der Waals surface area contributed by atoms with Crippen molar-refractivity contribution in [3.8, 4) is 28.4 Å². The van der Waals surface area contributed by atoms with E-state index in [0.29, 0.717) is 35.8 Å². The summed E-state index contributed by atoms with van der Waals surface area (Å²) in [7, 11) is 1.55. The van der Waals surface area contributed by atoms with E-state index in [4.69, 9.17) is 24.0 Å². The minimum Gasteiger partial charge on any atom is -0.457 e. The molecule has 2 heterocycles. The van der Waals surface area contributed by atoms with E-state index in [1.165, 1.54) is 17.4 Å². The number of imidazole rings is 1. The van der Waals surface area contributed by atoms with Crippen molar-refractivity contribution in [1.29, 1.82) is 0 Å². The lowest BCUT2D eigenvalue weighted by Crippen LogP contribution is -2.37.